The summed E-state index contributed by atoms with van der Waals surface area (Å²) in [5.41, 5.74) is 1.44. The summed E-state index contributed by atoms with van der Waals surface area (Å²) >= 11 is 0. The number of methoxy groups -OCH3 is 1. The lowest BCUT2D eigenvalue weighted by atomic mass is 9.91. The number of nitrogens with one attached hydrogen (secondary N) is 2. The molecule has 2 N–H and O–H groups in total. The van der Waals surface area contributed by atoms with Crippen molar-refractivity contribution in [2.75, 3.05) is 31.4 Å². The molecule has 1 fully saturated rings. The number of benzene rings is 1. The molecule has 1 aliphatic carbocycles. The van der Waals surface area contributed by atoms with Gasteiger partial charge in [-0.25, -0.2) is 9.97 Å². The molecule has 0 saturated heterocycles. The first kappa shape index (κ1) is 24.3. The highest BCUT2D eigenvalue weighted by molar-refractivity contribution is 5.96. The predicted octanol–water partition coefficient (Wildman–Crippen LogP) is 4.20. The van der Waals surface area contributed by atoms with Crippen LogP contribution in [0.25, 0.3) is 0 Å². The number of ether oxygens (including phenoxy) is 2. The number of amides is 1. The molecule has 1 amide bonds. The highest BCUT2D eigenvalue weighted by Crippen LogP contribution is 2.27. The van der Waals surface area contributed by atoms with Crippen LogP contribution >= 0.6 is 0 Å². The SMILES string of the molecule is COc1cccc(Oc2ncccc2C(=O)N[C@H]2CC[C@@H](Nc3ncc(C)c(N(C)C)n3)CC2)c1. The Hall–Kier alpha value is -3.88. The molecule has 0 bridgehead atoms. The van der Waals surface area contributed by atoms with Gasteiger partial charge in [-0.2, -0.15) is 4.98 Å². The number of anilines is 2. The van der Waals surface area contributed by atoms with Gasteiger partial charge in [0.2, 0.25) is 11.8 Å². The number of aromatic nitrogens is 3. The fourth-order valence-electron chi connectivity index (χ4n) is 4.20. The molecule has 35 heavy (non-hydrogen) atoms. The smallest absolute Gasteiger partial charge is 0.257 e. The van der Waals surface area contributed by atoms with E-state index in [9.17, 15) is 4.79 Å². The van der Waals surface area contributed by atoms with E-state index in [0.717, 1.165) is 37.1 Å². The molecule has 1 aromatic carbocycles. The van der Waals surface area contributed by atoms with Crippen LogP contribution in [-0.4, -0.2) is 54.1 Å². The minimum atomic E-state index is -0.190. The zero-order valence-electron chi connectivity index (χ0n) is 20.6. The van der Waals surface area contributed by atoms with Crippen molar-refractivity contribution in [1.82, 2.24) is 20.3 Å². The second kappa shape index (κ2) is 11.0. The molecule has 1 saturated carbocycles. The maximum atomic E-state index is 13.1. The Balaban J connectivity index is 1.34. The first-order chi connectivity index (χ1) is 16.9. The van der Waals surface area contributed by atoms with E-state index >= 15 is 0 Å². The van der Waals surface area contributed by atoms with Crippen molar-refractivity contribution >= 4 is 17.7 Å². The lowest BCUT2D eigenvalue weighted by Crippen LogP contribution is -2.40. The van der Waals surface area contributed by atoms with Gasteiger partial charge in [-0.15, -0.1) is 0 Å². The van der Waals surface area contributed by atoms with Gasteiger partial charge in [0, 0.05) is 50.2 Å². The lowest BCUT2D eigenvalue weighted by Gasteiger charge is -2.30. The fraction of sp³-hybridized carbons (Fsp3) is 0.385. The summed E-state index contributed by atoms with van der Waals surface area (Å²) in [6.07, 6.45) is 7.01. The van der Waals surface area contributed by atoms with Crippen LogP contribution in [0.1, 0.15) is 41.6 Å². The number of carbonyl (C=O) groups is 1. The average molecular weight is 477 g/mol. The Morgan fingerprint density at radius 1 is 1.03 bits per heavy atom. The average Bonchev–Trinajstić information content (AvgIpc) is 2.86. The van der Waals surface area contributed by atoms with E-state index in [0.29, 0.717) is 23.0 Å². The van der Waals surface area contributed by atoms with E-state index in [1.807, 2.05) is 44.2 Å². The Labute approximate surface area is 205 Å². The van der Waals surface area contributed by atoms with Gasteiger partial charge in [0.05, 0.1) is 7.11 Å². The first-order valence-electron chi connectivity index (χ1n) is 11.8. The van der Waals surface area contributed by atoms with E-state index in [1.54, 1.807) is 37.6 Å². The number of nitrogens with zero attached hydrogens (tertiary/aromatic N) is 4. The van der Waals surface area contributed by atoms with Crippen molar-refractivity contribution in [1.29, 1.82) is 0 Å². The minimum Gasteiger partial charge on any atom is -0.497 e. The van der Waals surface area contributed by atoms with E-state index in [-0.39, 0.29) is 23.9 Å². The molecule has 1 aliphatic rings. The third-order valence-electron chi connectivity index (χ3n) is 6.04. The van der Waals surface area contributed by atoms with Gasteiger partial charge < -0.3 is 25.0 Å². The number of pyridine rings is 1. The summed E-state index contributed by atoms with van der Waals surface area (Å²) < 4.78 is 11.1. The van der Waals surface area contributed by atoms with E-state index < -0.39 is 0 Å². The molecule has 0 unspecified atom stereocenters. The molecule has 2 aromatic heterocycles. The van der Waals surface area contributed by atoms with Crippen molar-refractivity contribution in [3.63, 3.8) is 0 Å². The van der Waals surface area contributed by atoms with Crippen LogP contribution in [0.5, 0.6) is 17.4 Å². The fourth-order valence-corrected chi connectivity index (χ4v) is 4.20. The van der Waals surface area contributed by atoms with Gasteiger partial charge in [0.1, 0.15) is 22.9 Å². The van der Waals surface area contributed by atoms with Crippen LogP contribution in [-0.2, 0) is 0 Å². The Kier molecular flexibility index (Phi) is 7.64. The second-order valence-electron chi connectivity index (χ2n) is 8.90. The molecule has 0 atom stereocenters. The summed E-state index contributed by atoms with van der Waals surface area (Å²) in [4.78, 5) is 28.4. The molecule has 9 nitrogen and oxygen atoms in total. The Morgan fingerprint density at radius 2 is 1.77 bits per heavy atom. The maximum absolute atomic E-state index is 13.1. The molecule has 9 heteroatoms. The number of hydrogen-bond acceptors (Lipinski definition) is 8. The van der Waals surface area contributed by atoms with Gasteiger partial charge in [-0.3, -0.25) is 4.79 Å². The van der Waals surface area contributed by atoms with Crippen molar-refractivity contribution in [2.24, 2.45) is 0 Å². The highest BCUT2D eigenvalue weighted by atomic mass is 16.5. The predicted molar refractivity (Wildman–Crippen MR) is 136 cm³/mol. The van der Waals surface area contributed by atoms with Crippen molar-refractivity contribution in [2.45, 2.75) is 44.7 Å². The Bertz CT molecular complexity index is 1160. The van der Waals surface area contributed by atoms with E-state index in [2.05, 4.69) is 25.6 Å². The third kappa shape index (κ3) is 6.17. The normalized spacial score (nSPS) is 17.4. The van der Waals surface area contributed by atoms with Gasteiger partial charge in [-0.05, 0) is 56.9 Å². The lowest BCUT2D eigenvalue weighted by molar-refractivity contribution is 0.0923. The quantitative estimate of drug-likeness (QED) is 0.499. The van der Waals surface area contributed by atoms with E-state index in [4.69, 9.17) is 9.47 Å². The molecule has 4 rings (SSSR count). The second-order valence-corrected chi connectivity index (χ2v) is 8.90. The zero-order valence-corrected chi connectivity index (χ0v) is 20.6. The highest BCUT2D eigenvalue weighted by Gasteiger charge is 2.25. The largest absolute Gasteiger partial charge is 0.497 e. The summed E-state index contributed by atoms with van der Waals surface area (Å²) in [5, 5.41) is 6.60. The molecule has 184 valence electrons. The van der Waals surface area contributed by atoms with Gasteiger partial charge in [-0.1, -0.05) is 6.07 Å². The molecule has 3 aromatic rings. The van der Waals surface area contributed by atoms with Crippen LogP contribution in [0.3, 0.4) is 0 Å². The van der Waals surface area contributed by atoms with Crippen molar-refractivity contribution in [3.05, 3.63) is 59.9 Å². The maximum Gasteiger partial charge on any atom is 0.257 e. The first-order valence-corrected chi connectivity index (χ1v) is 11.8. The van der Waals surface area contributed by atoms with Gasteiger partial charge in [0.25, 0.3) is 5.91 Å². The third-order valence-corrected chi connectivity index (χ3v) is 6.04. The summed E-state index contributed by atoms with van der Waals surface area (Å²) in [6, 6.07) is 11.0. The van der Waals surface area contributed by atoms with Gasteiger partial charge >= 0.3 is 0 Å². The number of aryl methyl sites for hydroxylation is 1. The summed E-state index contributed by atoms with van der Waals surface area (Å²) in [6.45, 7) is 2.00. The number of rotatable bonds is 8. The Morgan fingerprint density at radius 3 is 2.51 bits per heavy atom. The monoisotopic (exact) mass is 476 g/mol. The van der Waals surface area contributed by atoms with Crippen molar-refractivity contribution < 1.29 is 14.3 Å². The molecular formula is C26H32N6O3. The number of carbonyl (C=O) groups excluding carboxylic acids is 1. The molecule has 0 aliphatic heterocycles. The molecule has 0 radical (unpaired) electrons. The van der Waals surface area contributed by atoms with Gasteiger partial charge in [0.15, 0.2) is 0 Å². The summed E-state index contributed by atoms with van der Waals surface area (Å²) in [5.74, 6) is 2.85. The van der Waals surface area contributed by atoms with Crippen LogP contribution in [0.15, 0.2) is 48.8 Å². The minimum absolute atomic E-state index is 0.0849. The van der Waals surface area contributed by atoms with Crippen LogP contribution in [0, 0.1) is 6.92 Å². The van der Waals surface area contributed by atoms with E-state index in [1.165, 1.54) is 0 Å². The molecule has 0 spiro atoms. The van der Waals surface area contributed by atoms with Crippen LogP contribution in [0.4, 0.5) is 11.8 Å². The van der Waals surface area contributed by atoms with Crippen molar-refractivity contribution in [3.8, 4) is 17.4 Å². The zero-order chi connectivity index (χ0) is 24.8. The van der Waals surface area contributed by atoms with Crippen LogP contribution in [0.2, 0.25) is 0 Å². The topological polar surface area (TPSA) is 102 Å². The van der Waals surface area contributed by atoms with Crippen LogP contribution < -0.4 is 25.0 Å². The molecule has 2 heterocycles. The summed E-state index contributed by atoms with van der Waals surface area (Å²) in [7, 11) is 5.54. The number of hydrogen-bond donors (Lipinski definition) is 2. The molecular weight excluding hydrogens is 444 g/mol. The standard InChI is InChI=1S/C26H32N6O3/c1-17-16-28-26(31-23(17)32(2)3)30-19-12-10-18(11-13-19)29-24(33)22-9-6-14-27-25(22)35-21-8-5-7-20(15-21)34-4/h5-9,14-16,18-19H,10-13H2,1-4H3,(H,29,33)(H,28,30,31)/t18-,19+.